The molecule has 0 spiro atoms. The highest BCUT2D eigenvalue weighted by molar-refractivity contribution is 5.80. The predicted octanol–water partition coefficient (Wildman–Crippen LogP) is 3.46. The average Bonchev–Trinajstić information content (AvgIpc) is 3.45. The molecule has 2 aromatic rings. The van der Waals surface area contributed by atoms with E-state index in [1.165, 1.54) is 5.06 Å². The maximum absolute atomic E-state index is 13.4. The van der Waals surface area contributed by atoms with E-state index in [2.05, 4.69) is 21.0 Å². The van der Waals surface area contributed by atoms with Gasteiger partial charge in [-0.25, -0.2) is 19.2 Å². The van der Waals surface area contributed by atoms with Gasteiger partial charge >= 0.3 is 24.2 Å². The summed E-state index contributed by atoms with van der Waals surface area (Å²) in [6.07, 6.45) is 0.341. The molecule has 0 aliphatic carbocycles. The van der Waals surface area contributed by atoms with Crippen molar-refractivity contribution < 1.29 is 33.5 Å². The van der Waals surface area contributed by atoms with Gasteiger partial charge in [0.25, 0.3) is 0 Å². The number of hydrogen-bond acceptors (Lipinski definition) is 8. The molecule has 2 atom stereocenters. The molecule has 2 bridgehead atoms. The summed E-state index contributed by atoms with van der Waals surface area (Å²) in [6.45, 7) is 11.3. The van der Waals surface area contributed by atoms with Crippen molar-refractivity contribution in [1.82, 2.24) is 35.7 Å². The number of hydroxylamine groups is 2. The summed E-state index contributed by atoms with van der Waals surface area (Å²) < 4.78 is 11.7. The van der Waals surface area contributed by atoms with Crippen LogP contribution in [0, 0.1) is 0 Å². The standard InChI is InChI=1S/C28H39N7O7/c1-27(2,3)41-24(37)30-13-12-29-23(36)34-15-19-21-16-33(26(39)35(21)40-17-18-10-8-7-9-11-18)20(22(19)32-34)14-31-25(38)42-28(4,5)6/h7-11,15,20-21H,12-14,16-17H2,1-6H3,(H,29,36)(H,30,37)(H,31,38)/t20?,21-/m1/s1. The minimum atomic E-state index is -0.698. The van der Waals surface area contributed by atoms with Gasteiger partial charge in [0.1, 0.15) is 23.9 Å². The van der Waals surface area contributed by atoms with E-state index in [0.717, 1.165) is 10.2 Å². The lowest BCUT2D eigenvalue weighted by molar-refractivity contribution is -0.141. The molecule has 0 radical (unpaired) electrons. The van der Waals surface area contributed by atoms with Crippen molar-refractivity contribution >= 4 is 24.2 Å². The Kier molecular flexibility index (Phi) is 8.95. The first kappa shape index (κ1) is 30.6. The van der Waals surface area contributed by atoms with Crippen molar-refractivity contribution in [2.75, 3.05) is 26.2 Å². The van der Waals surface area contributed by atoms with Crippen LogP contribution < -0.4 is 16.0 Å². The number of carbonyl (C=O) groups excluding carboxylic acids is 4. The molecule has 5 amide bonds. The number of aromatic nitrogens is 2. The number of benzene rings is 1. The van der Waals surface area contributed by atoms with Crippen LogP contribution in [-0.2, 0) is 20.9 Å². The van der Waals surface area contributed by atoms with E-state index in [9.17, 15) is 19.2 Å². The Morgan fingerprint density at radius 2 is 1.55 bits per heavy atom. The molecular weight excluding hydrogens is 546 g/mol. The molecule has 1 aromatic carbocycles. The Labute approximate surface area is 244 Å². The number of rotatable bonds is 8. The Hall–Kier alpha value is -4.33. The normalized spacial score (nSPS) is 17.9. The Morgan fingerprint density at radius 1 is 0.929 bits per heavy atom. The lowest BCUT2D eigenvalue weighted by atomic mass is 9.98. The van der Waals surface area contributed by atoms with Gasteiger partial charge < -0.3 is 30.3 Å². The molecule has 228 valence electrons. The third-order valence-corrected chi connectivity index (χ3v) is 6.24. The number of hydrogen-bond donors (Lipinski definition) is 3. The molecule has 42 heavy (non-hydrogen) atoms. The fourth-order valence-corrected chi connectivity index (χ4v) is 4.55. The van der Waals surface area contributed by atoms with Crippen molar-refractivity contribution in [1.29, 1.82) is 0 Å². The summed E-state index contributed by atoms with van der Waals surface area (Å²) in [7, 11) is 0. The highest BCUT2D eigenvalue weighted by atomic mass is 16.7. The van der Waals surface area contributed by atoms with Crippen LogP contribution in [0.3, 0.4) is 0 Å². The second-order valence-electron chi connectivity index (χ2n) is 12.0. The largest absolute Gasteiger partial charge is 0.444 e. The van der Waals surface area contributed by atoms with Crippen LogP contribution in [-0.4, -0.2) is 81.4 Å². The van der Waals surface area contributed by atoms with Crippen molar-refractivity contribution in [3.63, 3.8) is 0 Å². The van der Waals surface area contributed by atoms with Crippen molar-refractivity contribution in [3.05, 3.63) is 53.3 Å². The highest BCUT2D eigenvalue weighted by Crippen LogP contribution is 2.43. The van der Waals surface area contributed by atoms with E-state index < -0.39 is 41.5 Å². The molecule has 1 aromatic heterocycles. The zero-order chi connectivity index (χ0) is 30.7. The van der Waals surface area contributed by atoms with Crippen LogP contribution in [0.25, 0.3) is 0 Å². The zero-order valence-electron chi connectivity index (χ0n) is 24.8. The average molecular weight is 586 g/mol. The molecule has 4 rings (SSSR count). The van der Waals surface area contributed by atoms with E-state index >= 15 is 0 Å². The zero-order valence-corrected chi connectivity index (χ0v) is 24.8. The van der Waals surface area contributed by atoms with Crippen molar-refractivity contribution in [2.45, 2.75) is 71.4 Å². The van der Waals surface area contributed by atoms with Gasteiger partial charge in [-0.15, -0.1) is 0 Å². The number of amides is 5. The number of ether oxygens (including phenoxy) is 2. The maximum atomic E-state index is 13.4. The highest BCUT2D eigenvalue weighted by Gasteiger charge is 2.50. The van der Waals surface area contributed by atoms with Crippen LogP contribution >= 0.6 is 0 Å². The summed E-state index contributed by atoms with van der Waals surface area (Å²) in [5.74, 6) is 0. The molecule has 3 N–H and O–H groups in total. The number of fused-ring (bicyclic) bond motifs is 4. The van der Waals surface area contributed by atoms with Crippen LogP contribution in [0.15, 0.2) is 36.5 Å². The Morgan fingerprint density at radius 3 is 2.19 bits per heavy atom. The van der Waals surface area contributed by atoms with Gasteiger partial charge in [0, 0.05) is 31.4 Å². The molecule has 14 heteroatoms. The number of alkyl carbamates (subject to hydrolysis) is 2. The fraction of sp³-hybridized carbons (Fsp3) is 0.536. The molecule has 1 unspecified atom stereocenters. The second-order valence-corrected chi connectivity index (χ2v) is 12.0. The van der Waals surface area contributed by atoms with Crippen LogP contribution in [0.1, 0.15) is 70.4 Å². The van der Waals surface area contributed by atoms with Gasteiger partial charge in [0.2, 0.25) is 0 Å². The minimum Gasteiger partial charge on any atom is -0.444 e. The molecule has 1 fully saturated rings. The summed E-state index contributed by atoms with van der Waals surface area (Å²) in [5, 5.41) is 13.8. The number of carbonyl (C=O) groups is 4. The van der Waals surface area contributed by atoms with Crippen LogP contribution in [0.4, 0.5) is 19.2 Å². The second kappa shape index (κ2) is 12.3. The van der Waals surface area contributed by atoms with Gasteiger partial charge in [-0.1, -0.05) is 30.3 Å². The molecule has 3 heterocycles. The summed E-state index contributed by atoms with van der Waals surface area (Å²) in [5.41, 5.74) is 0.647. The minimum absolute atomic E-state index is 0.0192. The van der Waals surface area contributed by atoms with Crippen LogP contribution in [0.2, 0.25) is 0 Å². The number of nitrogens with one attached hydrogen (secondary N) is 3. The molecule has 0 saturated carbocycles. The first-order valence-corrected chi connectivity index (χ1v) is 13.8. The van der Waals surface area contributed by atoms with E-state index in [-0.39, 0.29) is 38.8 Å². The van der Waals surface area contributed by atoms with E-state index in [4.69, 9.17) is 14.3 Å². The summed E-state index contributed by atoms with van der Waals surface area (Å²) >= 11 is 0. The van der Waals surface area contributed by atoms with Gasteiger partial charge in [-0.05, 0) is 47.1 Å². The number of nitrogens with zero attached hydrogens (tertiary/aromatic N) is 4. The third kappa shape index (κ3) is 7.69. The fourth-order valence-electron chi connectivity index (χ4n) is 4.55. The van der Waals surface area contributed by atoms with Crippen molar-refractivity contribution in [2.24, 2.45) is 0 Å². The predicted molar refractivity (Wildman–Crippen MR) is 150 cm³/mol. The third-order valence-electron chi connectivity index (χ3n) is 6.24. The van der Waals surface area contributed by atoms with Gasteiger partial charge in [0.15, 0.2) is 0 Å². The van der Waals surface area contributed by atoms with E-state index in [1.807, 2.05) is 30.3 Å². The van der Waals surface area contributed by atoms with Gasteiger partial charge in [-0.3, -0.25) is 4.84 Å². The lowest BCUT2D eigenvalue weighted by Gasteiger charge is -2.30. The lowest BCUT2D eigenvalue weighted by Crippen LogP contribution is -2.42. The molecule has 1 saturated heterocycles. The van der Waals surface area contributed by atoms with Gasteiger partial charge in [0.05, 0.1) is 18.3 Å². The monoisotopic (exact) mass is 585 g/mol. The SMILES string of the molecule is CC(C)(C)OC(=O)NCCNC(=O)n1cc2c(n1)C(CNC(=O)OC(C)(C)C)N1C[C@H]2N(OCc2ccccc2)C1=O. The Balaban J connectivity index is 1.48. The first-order valence-electron chi connectivity index (χ1n) is 13.8. The molecular formula is C28H39N7O7. The maximum Gasteiger partial charge on any atom is 0.407 e. The smallest absolute Gasteiger partial charge is 0.407 e. The topological polar surface area (TPSA) is 156 Å². The molecule has 2 aliphatic rings. The summed E-state index contributed by atoms with van der Waals surface area (Å²) in [4.78, 5) is 58.2. The molecule has 2 aliphatic heterocycles. The summed E-state index contributed by atoms with van der Waals surface area (Å²) in [6, 6.07) is 7.39. The van der Waals surface area contributed by atoms with E-state index in [0.29, 0.717) is 11.3 Å². The molecule has 14 nitrogen and oxygen atoms in total. The van der Waals surface area contributed by atoms with Crippen molar-refractivity contribution in [3.8, 4) is 0 Å². The van der Waals surface area contributed by atoms with Gasteiger partial charge in [-0.2, -0.15) is 14.8 Å². The van der Waals surface area contributed by atoms with E-state index in [1.54, 1.807) is 52.6 Å². The number of urea groups is 1. The van der Waals surface area contributed by atoms with Crippen LogP contribution in [0.5, 0.6) is 0 Å². The first-order chi connectivity index (χ1) is 19.7. The quantitative estimate of drug-likeness (QED) is 0.398. The Bertz CT molecular complexity index is 1300.